The number of aromatic nitrogens is 3. The Labute approximate surface area is 169 Å². The molecule has 1 N–H and O–H groups in total. The van der Waals surface area contributed by atoms with Gasteiger partial charge in [0.1, 0.15) is 0 Å². The minimum atomic E-state index is -0.0275. The summed E-state index contributed by atoms with van der Waals surface area (Å²) in [5.74, 6) is -0.0275. The second-order valence-corrected chi connectivity index (χ2v) is 7.74. The average Bonchev–Trinajstić information content (AvgIpc) is 3.13. The molecule has 1 amide bonds. The molecule has 0 saturated carbocycles. The lowest BCUT2D eigenvalue weighted by molar-refractivity contribution is 0.0949. The maximum atomic E-state index is 12.6. The average molecular weight is 393 g/mol. The molecule has 0 bridgehead atoms. The highest BCUT2D eigenvalue weighted by Gasteiger charge is 2.21. The van der Waals surface area contributed by atoms with E-state index in [1.54, 1.807) is 11.8 Å². The second-order valence-electron chi connectivity index (χ2n) is 6.90. The Hall–Kier alpha value is -2.60. The number of nitrogens with one attached hydrogen (secondary N) is 1. The van der Waals surface area contributed by atoms with Gasteiger partial charge in [0.2, 0.25) is 0 Å². The third-order valence-corrected chi connectivity index (χ3v) is 5.97. The number of hydrogen-bond acceptors (Lipinski definition) is 4. The molecule has 2 aromatic heterocycles. The maximum absolute atomic E-state index is 12.6. The standard InChI is InChI=1S/C22H24N4OS/c1-28-20-9-5-3-7-18(20)22(27)24-14-15-26-19-8-4-2-6-17(19)21(25-26)16-10-12-23-13-11-16/h3,5,7,9-13H,2,4,6,8,14-15H2,1H3,(H,24,27). The first-order chi connectivity index (χ1) is 13.8. The number of rotatable bonds is 6. The van der Waals surface area contributed by atoms with E-state index < -0.39 is 0 Å². The number of thioether (sulfide) groups is 1. The number of pyridine rings is 1. The van der Waals surface area contributed by atoms with E-state index >= 15 is 0 Å². The van der Waals surface area contributed by atoms with E-state index in [1.165, 1.54) is 24.1 Å². The Bertz CT molecular complexity index is 968. The first-order valence-electron chi connectivity index (χ1n) is 9.68. The normalized spacial score (nSPS) is 13.2. The Balaban J connectivity index is 1.49. The molecule has 2 heterocycles. The van der Waals surface area contributed by atoms with Crippen molar-refractivity contribution in [3.63, 3.8) is 0 Å². The van der Waals surface area contributed by atoms with E-state index in [4.69, 9.17) is 5.10 Å². The van der Waals surface area contributed by atoms with Crippen LogP contribution in [0.1, 0.15) is 34.5 Å². The fourth-order valence-electron chi connectivity index (χ4n) is 3.80. The van der Waals surface area contributed by atoms with E-state index in [2.05, 4.69) is 15.0 Å². The summed E-state index contributed by atoms with van der Waals surface area (Å²) in [7, 11) is 0. The molecule has 0 spiro atoms. The molecule has 0 radical (unpaired) electrons. The summed E-state index contributed by atoms with van der Waals surface area (Å²) in [4.78, 5) is 17.7. The number of nitrogens with zero attached hydrogens (tertiary/aromatic N) is 3. The molecule has 28 heavy (non-hydrogen) atoms. The van der Waals surface area contributed by atoms with Gasteiger partial charge >= 0.3 is 0 Å². The number of hydrogen-bond donors (Lipinski definition) is 1. The highest BCUT2D eigenvalue weighted by Crippen LogP contribution is 2.30. The maximum Gasteiger partial charge on any atom is 0.252 e. The summed E-state index contributed by atoms with van der Waals surface area (Å²) in [6.07, 6.45) is 10.1. The topological polar surface area (TPSA) is 59.8 Å². The summed E-state index contributed by atoms with van der Waals surface area (Å²) < 4.78 is 2.09. The number of benzene rings is 1. The molecule has 3 aromatic rings. The lowest BCUT2D eigenvalue weighted by Gasteiger charge is -2.15. The van der Waals surface area contributed by atoms with E-state index in [0.717, 1.165) is 34.6 Å². The van der Waals surface area contributed by atoms with Gasteiger partial charge in [-0.2, -0.15) is 5.10 Å². The van der Waals surface area contributed by atoms with Crippen molar-refractivity contribution < 1.29 is 4.79 Å². The molecule has 0 atom stereocenters. The summed E-state index contributed by atoms with van der Waals surface area (Å²) in [5, 5.41) is 7.95. The SMILES string of the molecule is CSc1ccccc1C(=O)NCCn1nc(-c2ccncc2)c2c1CCCC2. The Morgan fingerprint density at radius 1 is 1.14 bits per heavy atom. The lowest BCUT2D eigenvalue weighted by atomic mass is 9.94. The molecule has 4 rings (SSSR count). The third kappa shape index (κ3) is 3.83. The molecule has 0 unspecified atom stereocenters. The monoisotopic (exact) mass is 392 g/mol. The molecule has 1 aliphatic rings. The fourth-order valence-corrected chi connectivity index (χ4v) is 4.40. The summed E-state index contributed by atoms with van der Waals surface area (Å²) in [6.45, 7) is 1.24. The van der Waals surface area contributed by atoms with Crippen LogP contribution in [0.15, 0.2) is 53.7 Å². The van der Waals surface area contributed by atoms with Gasteiger partial charge in [0.05, 0.1) is 17.8 Å². The summed E-state index contributed by atoms with van der Waals surface area (Å²) >= 11 is 1.59. The highest BCUT2D eigenvalue weighted by molar-refractivity contribution is 7.98. The van der Waals surface area contributed by atoms with Crippen LogP contribution in [-0.4, -0.2) is 33.5 Å². The van der Waals surface area contributed by atoms with Crippen LogP contribution in [0.4, 0.5) is 0 Å². The quantitative estimate of drug-likeness (QED) is 0.645. The molecular formula is C22H24N4OS. The van der Waals surface area contributed by atoms with Crippen molar-refractivity contribution >= 4 is 17.7 Å². The smallest absolute Gasteiger partial charge is 0.252 e. The van der Waals surface area contributed by atoms with Crippen molar-refractivity contribution in [2.24, 2.45) is 0 Å². The zero-order valence-corrected chi connectivity index (χ0v) is 16.8. The highest BCUT2D eigenvalue weighted by atomic mass is 32.2. The van der Waals surface area contributed by atoms with Crippen molar-refractivity contribution in [3.05, 3.63) is 65.6 Å². The van der Waals surface area contributed by atoms with Crippen LogP contribution in [0, 0.1) is 0 Å². The van der Waals surface area contributed by atoms with Gasteiger partial charge in [-0.25, -0.2) is 0 Å². The first-order valence-corrected chi connectivity index (χ1v) is 10.9. The summed E-state index contributed by atoms with van der Waals surface area (Å²) in [6, 6.07) is 11.7. The van der Waals surface area contributed by atoms with E-state index in [-0.39, 0.29) is 5.91 Å². The van der Waals surface area contributed by atoms with E-state index in [1.807, 2.05) is 55.0 Å². The van der Waals surface area contributed by atoms with Crippen LogP contribution >= 0.6 is 11.8 Å². The minimum absolute atomic E-state index is 0.0275. The zero-order valence-electron chi connectivity index (χ0n) is 16.0. The van der Waals surface area contributed by atoms with Gasteiger partial charge in [-0.3, -0.25) is 14.5 Å². The molecule has 0 fully saturated rings. The van der Waals surface area contributed by atoms with Crippen LogP contribution in [-0.2, 0) is 19.4 Å². The largest absolute Gasteiger partial charge is 0.350 e. The van der Waals surface area contributed by atoms with E-state index in [9.17, 15) is 4.79 Å². The van der Waals surface area contributed by atoms with Crippen LogP contribution in [0.3, 0.4) is 0 Å². The Kier molecular flexibility index (Phi) is 5.76. The van der Waals surface area contributed by atoms with Crippen molar-refractivity contribution in [1.82, 2.24) is 20.1 Å². The van der Waals surface area contributed by atoms with Crippen molar-refractivity contribution in [3.8, 4) is 11.3 Å². The number of amides is 1. The van der Waals surface area contributed by atoms with Gasteiger partial charge in [0.15, 0.2) is 0 Å². The van der Waals surface area contributed by atoms with Gasteiger partial charge in [-0.05, 0) is 56.2 Å². The van der Waals surface area contributed by atoms with Crippen molar-refractivity contribution in [2.45, 2.75) is 37.1 Å². The third-order valence-electron chi connectivity index (χ3n) is 5.17. The van der Waals surface area contributed by atoms with Crippen molar-refractivity contribution in [2.75, 3.05) is 12.8 Å². The minimum Gasteiger partial charge on any atom is -0.350 e. The van der Waals surface area contributed by atoms with Crippen molar-refractivity contribution in [1.29, 1.82) is 0 Å². The molecule has 1 aromatic carbocycles. The van der Waals surface area contributed by atoms with Crippen LogP contribution < -0.4 is 5.32 Å². The number of fused-ring (bicyclic) bond motifs is 1. The van der Waals surface area contributed by atoms with Crippen LogP contribution in [0.25, 0.3) is 11.3 Å². The predicted molar refractivity (Wildman–Crippen MR) is 113 cm³/mol. The molecule has 5 nitrogen and oxygen atoms in total. The molecule has 6 heteroatoms. The summed E-state index contributed by atoms with van der Waals surface area (Å²) in [5.41, 5.74) is 5.59. The number of carbonyl (C=O) groups is 1. The molecule has 144 valence electrons. The molecule has 0 aliphatic heterocycles. The van der Waals surface area contributed by atoms with Gasteiger partial charge in [-0.1, -0.05) is 12.1 Å². The number of carbonyl (C=O) groups excluding carboxylic acids is 1. The predicted octanol–water partition coefficient (Wildman–Crippen LogP) is 3.98. The Morgan fingerprint density at radius 2 is 1.93 bits per heavy atom. The van der Waals surface area contributed by atoms with Gasteiger partial charge in [-0.15, -0.1) is 11.8 Å². The van der Waals surface area contributed by atoms with Crippen LogP contribution in [0.2, 0.25) is 0 Å². The first kappa shape index (κ1) is 18.7. The molecular weight excluding hydrogens is 368 g/mol. The van der Waals surface area contributed by atoms with Crippen LogP contribution in [0.5, 0.6) is 0 Å². The van der Waals surface area contributed by atoms with Gasteiger partial charge in [0.25, 0.3) is 5.91 Å². The Morgan fingerprint density at radius 3 is 2.75 bits per heavy atom. The zero-order chi connectivity index (χ0) is 19.3. The fraction of sp³-hybridized carbons (Fsp3) is 0.318. The van der Waals surface area contributed by atoms with Gasteiger partial charge in [0, 0.05) is 40.7 Å². The van der Waals surface area contributed by atoms with E-state index in [0.29, 0.717) is 13.1 Å². The van der Waals surface area contributed by atoms with Gasteiger partial charge < -0.3 is 5.32 Å². The second kappa shape index (κ2) is 8.61. The molecule has 0 saturated heterocycles. The lowest BCUT2D eigenvalue weighted by Crippen LogP contribution is -2.28. The molecule has 1 aliphatic carbocycles.